The minimum atomic E-state index is -4.30. The Hall–Kier alpha value is -0.760. The Labute approximate surface area is 76.7 Å². The lowest BCUT2D eigenvalue weighted by Gasteiger charge is -2.21. The zero-order valence-electron chi connectivity index (χ0n) is 8.29. The van der Waals surface area contributed by atoms with Crippen LogP contribution in [0.5, 0.6) is 0 Å². The van der Waals surface area contributed by atoms with Gasteiger partial charge in [0.2, 0.25) is 0 Å². The van der Waals surface area contributed by atoms with Crippen molar-refractivity contribution < 1.29 is 13.2 Å². The Morgan fingerprint density at radius 2 is 1.69 bits per heavy atom. The van der Waals surface area contributed by atoms with E-state index < -0.39 is 18.1 Å². The van der Waals surface area contributed by atoms with Crippen molar-refractivity contribution in [3.63, 3.8) is 0 Å². The average Bonchev–Trinajstić information content (AvgIpc) is 2.05. The van der Waals surface area contributed by atoms with Gasteiger partial charge in [0.25, 0.3) is 0 Å². The van der Waals surface area contributed by atoms with E-state index in [0.29, 0.717) is 0 Å². The Balaban J connectivity index is 0. The smallest absolute Gasteiger partial charge is 0.302 e. The second-order valence-electron chi connectivity index (χ2n) is 2.49. The van der Waals surface area contributed by atoms with Crippen molar-refractivity contribution in [3.8, 4) is 6.07 Å². The Morgan fingerprint density at radius 1 is 1.31 bits per heavy atom. The van der Waals surface area contributed by atoms with E-state index in [0.717, 1.165) is 0 Å². The highest BCUT2D eigenvalue weighted by Crippen LogP contribution is 2.26. The Morgan fingerprint density at radius 3 is 1.77 bits per heavy atom. The predicted molar refractivity (Wildman–Crippen MR) is 45.1 cm³/mol. The summed E-state index contributed by atoms with van der Waals surface area (Å²) in [5.74, 6) is 0. The van der Waals surface area contributed by atoms with E-state index in [1.807, 2.05) is 13.8 Å². The molecule has 0 fully saturated rings. The van der Waals surface area contributed by atoms with E-state index in [2.05, 4.69) is 5.32 Å². The first-order chi connectivity index (χ1) is 5.83. The molecule has 13 heavy (non-hydrogen) atoms. The number of nitrogens with one attached hydrogen (secondary N) is 1. The summed E-state index contributed by atoms with van der Waals surface area (Å²) in [6.45, 7) is 5.21. The molecule has 0 radical (unpaired) electrons. The minimum Gasteiger partial charge on any atom is -0.302 e. The molecular weight excluding hydrogens is 181 g/mol. The van der Waals surface area contributed by atoms with Crippen LogP contribution in [0.2, 0.25) is 0 Å². The number of halogens is 3. The van der Waals surface area contributed by atoms with Gasteiger partial charge in [-0.3, -0.25) is 0 Å². The van der Waals surface area contributed by atoms with Crippen LogP contribution in [0.4, 0.5) is 13.2 Å². The molecule has 0 aliphatic rings. The molecule has 5 heteroatoms. The lowest BCUT2D eigenvalue weighted by atomic mass is 10.0. The van der Waals surface area contributed by atoms with Gasteiger partial charge in [0.15, 0.2) is 0 Å². The summed E-state index contributed by atoms with van der Waals surface area (Å²) < 4.78 is 35.2. The quantitative estimate of drug-likeness (QED) is 0.736. The van der Waals surface area contributed by atoms with Crippen LogP contribution in [0.25, 0.3) is 0 Å². The first-order valence-corrected chi connectivity index (χ1v) is 4.00. The van der Waals surface area contributed by atoms with Gasteiger partial charge in [-0.05, 0) is 14.0 Å². The average molecular weight is 196 g/mol. The van der Waals surface area contributed by atoms with Gasteiger partial charge in [0, 0.05) is 0 Å². The molecular formula is C8H15F3N2. The van der Waals surface area contributed by atoms with Crippen molar-refractivity contribution in [2.45, 2.75) is 38.9 Å². The monoisotopic (exact) mass is 196 g/mol. The Kier molecular flexibility index (Phi) is 6.59. The number of hydrogen-bond donors (Lipinski definition) is 1. The van der Waals surface area contributed by atoms with Gasteiger partial charge >= 0.3 is 6.18 Å². The summed E-state index contributed by atoms with van der Waals surface area (Å²) in [4.78, 5) is 0. The van der Waals surface area contributed by atoms with Crippen LogP contribution >= 0.6 is 0 Å². The Bertz CT molecular complexity index is 171. The maximum absolute atomic E-state index is 11.7. The van der Waals surface area contributed by atoms with Gasteiger partial charge in [-0.15, -0.1) is 0 Å². The van der Waals surface area contributed by atoms with Gasteiger partial charge in [0.1, 0.15) is 5.54 Å². The van der Waals surface area contributed by atoms with E-state index in [1.165, 1.54) is 14.0 Å². The van der Waals surface area contributed by atoms with Crippen LogP contribution in [0.15, 0.2) is 0 Å². The first-order valence-electron chi connectivity index (χ1n) is 4.00. The molecule has 2 nitrogen and oxygen atoms in total. The molecule has 0 spiro atoms. The molecule has 0 aromatic carbocycles. The topological polar surface area (TPSA) is 35.8 Å². The lowest BCUT2D eigenvalue weighted by Crippen LogP contribution is -2.42. The molecule has 0 amide bonds. The van der Waals surface area contributed by atoms with Gasteiger partial charge < -0.3 is 5.32 Å². The van der Waals surface area contributed by atoms with Crippen LogP contribution in [-0.2, 0) is 0 Å². The number of rotatable bonds is 2. The van der Waals surface area contributed by atoms with Crippen LogP contribution in [0.3, 0.4) is 0 Å². The fourth-order valence-corrected chi connectivity index (χ4v) is 0.585. The van der Waals surface area contributed by atoms with Gasteiger partial charge in [0.05, 0.1) is 12.5 Å². The first kappa shape index (κ1) is 14.7. The van der Waals surface area contributed by atoms with Crippen molar-refractivity contribution in [1.29, 1.82) is 5.26 Å². The number of nitriles is 1. The highest BCUT2D eigenvalue weighted by molar-refractivity contribution is 5.04. The normalized spacial score (nSPS) is 14.9. The summed E-state index contributed by atoms with van der Waals surface area (Å²) in [6, 6.07) is 1.55. The molecule has 0 saturated heterocycles. The van der Waals surface area contributed by atoms with E-state index in [9.17, 15) is 13.2 Å². The van der Waals surface area contributed by atoms with E-state index >= 15 is 0 Å². The molecule has 0 bridgehead atoms. The summed E-state index contributed by atoms with van der Waals surface area (Å²) in [5, 5.41) is 10.6. The highest BCUT2D eigenvalue weighted by Gasteiger charge is 2.38. The fourth-order valence-electron chi connectivity index (χ4n) is 0.585. The fraction of sp³-hybridized carbons (Fsp3) is 0.875. The van der Waals surface area contributed by atoms with E-state index in [-0.39, 0.29) is 0 Å². The third kappa shape index (κ3) is 7.60. The maximum atomic E-state index is 11.7. The van der Waals surface area contributed by atoms with Crippen LogP contribution in [0.1, 0.15) is 27.2 Å². The largest absolute Gasteiger partial charge is 0.391 e. The van der Waals surface area contributed by atoms with Crippen molar-refractivity contribution in [2.75, 3.05) is 7.05 Å². The van der Waals surface area contributed by atoms with Crippen molar-refractivity contribution in [1.82, 2.24) is 5.32 Å². The number of nitrogens with zero attached hydrogens (tertiary/aromatic N) is 1. The molecule has 0 heterocycles. The summed E-state index contributed by atoms with van der Waals surface area (Å²) >= 11 is 0. The SMILES string of the molecule is CC.CNC(C)(C#N)CC(F)(F)F. The molecule has 1 atom stereocenters. The summed E-state index contributed by atoms with van der Waals surface area (Å²) in [5.41, 5.74) is -1.50. The molecule has 1 N–H and O–H groups in total. The third-order valence-electron chi connectivity index (χ3n) is 1.35. The second kappa shape index (κ2) is 5.81. The summed E-state index contributed by atoms with van der Waals surface area (Å²) in [6.07, 6.45) is -5.43. The standard InChI is InChI=1S/C6H9F3N2.C2H6/c1-5(4-10,11-2)3-6(7,8)9;1-2/h11H,3H2,1-2H3;1-2H3. The molecule has 1 unspecified atom stereocenters. The van der Waals surface area contributed by atoms with E-state index in [4.69, 9.17) is 5.26 Å². The van der Waals surface area contributed by atoms with Crippen molar-refractivity contribution in [3.05, 3.63) is 0 Å². The van der Waals surface area contributed by atoms with Gasteiger partial charge in [-0.25, -0.2) is 0 Å². The molecule has 0 aliphatic heterocycles. The maximum Gasteiger partial charge on any atom is 0.391 e. The second-order valence-corrected chi connectivity index (χ2v) is 2.49. The van der Waals surface area contributed by atoms with Crippen LogP contribution < -0.4 is 5.32 Å². The predicted octanol–water partition coefficient (Wildman–Crippen LogP) is 2.47. The molecule has 0 saturated carbocycles. The number of alkyl halides is 3. The minimum absolute atomic E-state index is 1.13. The molecule has 0 aromatic rings. The lowest BCUT2D eigenvalue weighted by molar-refractivity contribution is -0.143. The van der Waals surface area contributed by atoms with Crippen LogP contribution in [-0.4, -0.2) is 18.8 Å². The molecule has 78 valence electrons. The van der Waals surface area contributed by atoms with Crippen LogP contribution in [0, 0.1) is 11.3 Å². The number of hydrogen-bond acceptors (Lipinski definition) is 2. The summed E-state index contributed by atoms with van der Waals surface area (Å²) in [7, 11) is 1.33. The van der Waals surface area contributed by atoms with Gasteiger partial charge in [-0.1, -0.05) is 13.8 Å². The molecule has 0 aromatic heterocycles. The molecule has 0 aliphatic carbocycles. The van der Waals surface area contributed by atoms with Gasteiger partial charge in [-0.2, -0.15) is 18.4 Å². The third-order valence-corrected chi connectivity index (χ3v) is 1.35. The highest BCUT2D eigenvalue weighted by atomic mass is 19.4. The van der Waals surface area contributed by atoms with E-state index in [1.54, 1.807) is 6.07 Å². The molecule has 0 rings (SSSR count). The zero-order chi connectivity index (χ0) is 11.1. The van der Waals surface area contributed by atoms with Crippen molar-refractivity contribution >= 4 is 0 Å². The van der Waals surface area contributed by atoms with Crippen molar-refractivity contribution in [2.24, 2.45) is 0 Å². The zero-order valence-corrected chi connectivity index (χ0v) is 8.29.